The minimum Gasteiger partial charge on any atom is -0.461 e. The van der Waals surface area contributed by atoms with Gasteiger partial charge < -0.3 is 19.8 Å². The van der Waals surface area contributed by atoms with Crippen molar-refractivity contribution in [1.82, 2.24) is 15.3 Å². The van der Waals surface area contributed by atoms with Crippen molar-refractivity contribution < 1.29 is 19.1 Å². The molecule has 3 aromatic rings. The first-order valence-corrected chi connectivity index (χ1v) is 9.42. The van der Waals surface area contributed by atoms with E-state index in [1.807, 2.05) is 38.1 Å². The summed E-state index contributed by atoms with van der Waals surface area (Å²) in [6.07, 6.45) is 3.27. The molecular formula is C22H25N3O4. The first-order valence-electron chi connectivity index (χ1n) is 9.42. The molecule has 3 rings (SSSR count). The van der Waals surface area contributed by atoms with Gasteiger partial charge in [-0.25, -0.2) is 4.79 Å². The lowest BCUT2D eigenvalue weighted by molar-refractivity contribution is 0.0520. The number of esters is 1. The molecule has 0 fully saturated rings. The standard InChI is InChI=1S/C20H19N3O4.C2H6/c1-3-26-20(25)18-10-14(12-23-18)13-4-6-15(7-5-13)27-16-8-9-22-17(11-16)19(24)21-2;1-2/h4-12,23H,3H2,1-2H3,(H,21,24);1-2H3. The quantitative estimate of drug-likeness (QED) is 0.602. The summed E-state index contributed by atoms with van der Waals surface area (Å²) < 4.78 is 10.8. The number of aromatic amines is 1. The Morgan fingerprint density at radius 2 is 1.76 bits per heavy atom. The van der Waals surface area contributed by atoms with Gasteiger partial charge in [0.25, 0.3) is 5.91 Å². The van der Waals surface area contributed by atoms with Crippen molar-refractivity contribution in [2.75, 3.05) is 13.7 Å². The zero-order valence-corrected chi connectivity index (χ0v) is 17.0. The third kappa shape index (κ3) is 5.68. The van der Waals surface area contributed by atoms with Gasteiger partial charge in [-0.05, 0) is 42.3 Å². The number of benzene rings is 1. The van der Waals surface area contributed by atoms with E-state index in [0.717, 1.165) is 11.1 Å². The Morgan fingerprint density at radius 1 is 1.03 bits per heavy atom. The summed E-state index contributed by atoms with van der Waals surface area (Å²) in [6.45, 7) is 6.09. The average molecular weight is 395 g/mol. The fourth-order valence-corrected chi connectivity index (χ4v) is 2.47. The lowest BCUT2D eigenvalue weighted by atomic mass is 10.1. The van der Waals surface area contributed by atoms with Crippen LogP contribution in [-0.2, 0) is 4.74 Å². The fourth-order valence-electron chi connectivity index (χ4n) is 2.47. The molecule has 0 aliphatic heterocycles. The highest BCUT2D eigenvalue weighted by Gasteiger charge is 2.11. The van der Waals surface area contributed by atoms with Crippen LogP contribution in [0.4, 0.5) is 0 Å². The molecule has 29 heavy (non-hydrogen) atoms. The van der Waals surface area contributed by atoms with Gasteiger partial charge in [-0.15, -0.1) is 0 Å². The van der Waals surface area contributed by atoms with Crippen LogP contribution in [0.15, 0.2) is 54.9 Å². The van der Waals surface area contributed by atoms with Crippen LogP contribution in [0.25, 0.3) is 11.1 Å². The van der Waals surface area contributed by atoms with E-state index in [-0.39, 0.29) is 17.6 Å². The number of pyridine rings is 1. The molecule has 0 bridgehead atoms. The molecule has 0 radical (unpaired) electrons. The molecule has 2 aromatic heterocycles. The first-order chi connectivity index (χ1) is 14.1. The van der Waals surface area contributed by atoms with Gasteiger partial charge in [0, 0.05) is 25.5 Å². The highest BCUT2D eigenvalue weighted by molar-refractivity contribution is 5.92. The number of aromatic nitrogens is 2. The van der Waals surface area contributed by atoms with Crippen LogP contribution in [0.2, 0.25) is 0 Å². The topological polar surface area (TPSA) is 93.3 Å². The smallest absolute Gasteiger partial charge is 0.354 e. The summed E-state index contributed by atoms with van der Waals surface area (Å²) >= 11 is 0. The highest BCUT2D eigenvalue weighted by Crippen LogP contribution is 2.26. The molecule has 0 spiro atoms. The van der Waals surface area contributed by atoms with Crippen LogP contribution in [-0.4, -0.2) is 35.5 Å². The maximum atomic E-state index is 11.7. The number of amides is 1. The molecule has 7 nitrogen and oxygen atoms in total. The third-order valence-corrected chi connectivity index (χ3v) is 3.79. The zero-order chi connectivity index (χ0) is 21.2. The van der Waals surface area contributed by atoms with Crippen molar-refractivity contribution in [2.24, 2.45) is 0 Å². The van der Waals surface area contributed by atoms with E-state index in [9.17, 15) is 9.59 Å². The minimum atomic E-state index is -0.381. The predicted molar refractivity (Wildman–Crippen MR) is 111 cm³/mol. The van der Waals surface area contributed by atoms with Crippen molar-refractivity contribution >= 4 is 11.9 Å². The molecule has 2 heterocycles. The molecule has 7 heteroatoms. The van der Waals surface area contributed by atoms with Gasteiger partial charge in [-0.2, -0.15) is 0 Å². The molecule has 2 N–H and O–H groups in total. The summed E-state index contributed by atoms with van der Waals surface area (Å²) in [5, 5.41) is 2.52. The van der Waals surface area contributed by atoms with Gasteiger partial charge in [-0.1, -0.05) is 26.0 Å². The number of nitrogens with one attached hydrogen (secondary N) is 2. The van der Waals surface area contributed by atoms with Crippen molar-refractivity contribution in [1.29, 1.82) is 0 Å². The summed E-state index contributed by atoms with van der Waals surface area (Å²) in [4.78, 5) is 30.3. The molecular weight excluding hydrogens is 370 g/mol. The number of H-pyrrole nitrogens is 1. The van der Waals surface area contributed by atoms with E-state index in [2.05, 4.69) is 15.3 Å². The van der Waals surface area contributed by atoms with E-state index in [4.69, 9.17) is 9.47 Å². The van der Waals surface area contributed by atoms with E-state index < -0.39 is 0 Å². The predicted octanol–water partition coefficient (Wildman–Crippen LogP) is 4.43. The monoisotopic (exact) mass is 395 g/mol. The summed E-state index contributed by atoms with van der Waals surface area (Å²) in [6, 6.07) is 12.4. The molecule has 0 aliphatic carbocycles. The fraction of sp³-hybridized carbons (Fsp3) is 0.227. The Morgan fingerprint density at radius 3 is 2.41 bits per heavy atom. The number of carbonyl (C=O) groups excluding carboxylic acids is 2. The number of rotatable bonds is 6. The number of carbonyl (C=O) groups is 2. The molecule has 0 unspecified atom stereocenters. The Balaban J connectivity index is 0.00000145. The number of ether oxygens (including phenoxy) is 2. The van der Waals surface area contributed by atoms with Crippen LogP contribution in [0.3, 0.4) is 0 Å². The van der Waals surface area contributed by atoms with Crippen molar-refractivity contribution in [2.45, 2.75) is 20.8 Å². The number of nitrogens with zero attached hydrogens (tertiary/aromatic N) is 1. The molecule has 0 saturated carbocycles. The average Bonchev–Trinajstić information content (AvgIpc) is 3.26. The second-order valence-corrected chi connectivity index (χ2v) is 5.60. The molecule has 0 aliphatic rings. The summed E-state index contributed by atoms with van der Waals surface area (Å²) in [7, 11) is 1.55. The van der Waals surface area contributed by atoms with E-state index in [1.54, 1.807) is 38.4 Å². The zero-order valence-electron chi connectivity index (χ0n) is 17.0. The Labute approximate surface area is 170 Å². The molecule has 0 saturated heterocycles. The SMILES string of the molecule is CC.CCOC(=O)c1cc(-c2ccc(Oc3ccnc(C(=O)NC)c3)cc2)c[nH]1. The first kappa shape index (κ1) is 21.7. The maximum Gasteiger partial charge on any atom is 0.354 e. The van der Waals surface area contributed by atoms with Crippen LogP contribution in [0.5, 0.6) is 11.5 Å². The molecule has 152 valence electrons. The second-order valence-electron chi connectivity index (χ2n) is 5.60. The normalized spacial score (nSPS) is 9.79. The largest absolute Gasteiger partial charge is 0.461 e. The molecule has 1 amide bonds. The molecule has 0 atom stereocenters. The summed E-state index contributed by atoms with van der Waals surface area (Å²) in [5.74, 6) is 0.477. The lowest BCUT2D eigenvalue weighted by Gasteiger charge is -2.07. The number of hydrogen-bond donors (Lipinski definition) is 2. The lowest BCUT2D eigenvalue weighted by Crippen LogP contribution is -2.18. The van der Waals surface area contributed by atoms with Crippen LogP contribution >= 0.6 is 0 Å². The summed E-state index contributed by atoms with van der Waals surface area (Å²) in [5.41, 5.74) is 2.49. The van der Waals surface area contributed by atoms with Gasteiger partial charge in [0.15, 0.2) is 0 Å². The third-order valence-electron chi connectivity index (χ3n) is 3.79. The maximum absolute atomic E-state index is 11.7. The van der Waals surface area contributed by atoms with Crippen LogP contribution in [0, 0.1) is 0 Å². The van der Waals surface area contributed by atoms with Crippen molar-refractivity contribution in [3.63, 3.8) is 0 Å². The van der Waals surface area contributed by atoms with Crippen molar-refractivity contribution in [3.8, 4) is 22.6 Å². The van der Waals surface area contributed by atoms with Gasteiger partial charge in [-0.3, -0.25) is 9.78 Å². The Kier molecular flexibility index (Phi) is 7.97. The molecule has 1 aromatic carbocycles. The Bertz CT molecular complexity index is 949. The number of hydrogen-bond acceptors (Lipinski definition) is 5. The van der Waals surface area contributed by atoms with Crippen LogP contribution < -0.4 is 10.1 Å². The van der Waals surface area contributed by atoms with Gasteiger partial charge >= 0.3 is 5.97 Å². The van der Waals surface area contributed by atoms with Gasteiger partial charge in [0.05, 0.1) is 6.61 Å². The van der Waals surface area contributed by atoms with Gasteiger partial charge in [0.2, 0.25) is 0 Å². The highest BCUT2D eigenvalue weighted by atomic mass is 16.5. The minimum absolute atomic E-state index is 0.277. The van der Waals surface area contributed by atoms with Gasteiger partial charge in [0.1, 0.15) is 22.9 Å². The Hall–Kier alpha value is -3.61. The van der Waals surface area contributed by atoms with Crippen molar-refractivity contribution in [3.05, 3.63) is 66.2 Å². The van der Waals surface area contributed by atoms with Crippen LogP contribution in [0.1, 0.15) is 41.7 Å². The van der Waals surface area contributed by atoms with E-state index >= 15 is 0 Å². The second kappa shape index (κ2) is 10.7. The van der Waals surface area contributed by atoms with E-state index in [1.165, 1.54) is 6.20 Å². The van der Waals surface area contributed by atoms with E-state index in [0.29, 0.717) is 23.8 Å².